The molecule has 136 valence electrons. The van der Waals surface area contributed by atoms with Crippen LogP contribution >= 0.6 is 0 Å². The Morgan fingerprint density at radius 2 is 1.88 bits per heavy atom. The number of nitrogens with one attached hydrogen (secondary N) is 2. The molecule has 4 heteroatoms. The Labute approximate surface area is 152 Å². The van der Waals surface area contributed by atoms with Crippen LogP contribution in [0.5, 0.6) is 0 Å². The van der Waals surface area contributed by atoms with E-state index in [-0.39, 0.29) is 11.8 Å². The maximum atomic E-state index is 12.5. The first kappa shape index (κ1) is 19.5. The number of hydrogen-bond acceptors (Lipinski definition) is 2. The van der Waals surface area contributed by atoms with Gasteiger partial charge in [0.25, 0.3) is 5.91 Å². The molecular formula is C21H32N3O+. The molecule has 1 aliphatic carbocycles. The van der Waals surface area contributed by atoms with Gasteiger partial charge >= 0.3 is 0 Å². The van der Waals surface area contributed by atoms with Crippen LogP contribution in [0.2, 0.25) is 0 Å². The second kappa shape index (κ2) is 8.01. The maximum Gasteiger partial charge on any atom is 0.276 e. The van der Waals surface area contributed by atoms with Crippen LogP contribution in [0.3, 0.4) is 0 Å². The molecule has 4 nitrogen and oxygen atoms in total. The molecule has 0 aromatic heterocycles. The summed E-state index contributed by atoms with van der Waals surface area (Å²) in [6, 6.07) is 11.6. The van der Waals surface area contributed by atoms with Crippen LogP contribution in [0, 0.1) is 17.2 Å². The molecule has 25 heavy (non-hydrogen) atoms. The SMILES string of the molecule is CC(C)c1ccc(C[NH+](CC(=O)N[C@@](C)(C#N)C(C)C)C2CC2)cc1. The third-order valence-electron chi connectivity index (χ3n) is 5.41. The number of quaternary nitrogens is 1. The second-order valence-electron chi connectivity index (χ2n) is 8.20. The third kappa shape index (κ3) is 5.31. The highest BCUT2D eigenvalue weighted by Crippen LogP contribution is 2.18. The molecule has 2 atom stereocenters. The van der Waals surface area contributed by atoms with E-state index in [1.807, 2.05) is 13.8 Å². The Hall–Kier alpha value is -1.86. The first-order valence-electron chi connectivity index (χ1n) is 9.41. The lowest BCUT2D eigenvalue weighted by Crippen LogP contribution is -3.13. The van der Waals surface area contributed by atoms with Gasteiger partial charge in [-0.05, 0) is 24.3 Å². The van der Waals surface area contributed by atoms with Gasteiger partial charge in [0.05, 0.1) is 12.1 Å². The number of carbonyl (C=O) groups is 1. The van der Waals surface area contributed by atoms with E-state index in [1.54, 1.807) is 6.92 Å². The summed E-state index contributed by atoms with van der Waals surface area (Å²) < 4.78 is 0. The first-order valence-corrected chi connectivity index (χ1v) is 9.41. The smallest absolute Gasteiger partial charge is 0.276 e. The lowest BCUT2D eigenvalue weighted by atomic mass is 9.90. The molecule has 1 unspecified atom stereocenters. The number of nitriles is 1. The first-order chi connectivity index (χ1) is 11.7. The van der Waals surface area contributed by atoms with Crippen molar-refractivity contribution in [3.8, 4) is 6.07 Å². The van der Waals surface area contributed by atoms with Gasteiger partial charge in [-0.1, -0.05) is 52.0 Å². The summed E-state index contributed by atoms with van der Waals surface area (Å²) in [7, 11) is 0. The van der Waals surface area contributed by atoms with Crippen LogP contribution in [-0.2, 0) is 11.3 Å². The Morgan fingerprint density at radius 3 is 2.32 bits per heavy atom. The molecule has 1 aromatic carbocycles. The van der Waals surface area contributed by atoms with Gasteiger partial charge in [0.15, 0.2) is 6.54 Å². The summed E-state index contributed by atoms with van der Waals surface area (Å²) in [4.78, 5) is 13.8. The highest BCUT2D eigenvalue weighted by Gasteiger charge is 2.36. The number of rotatable bonds is 8. The molecule has 0 radical (unpaired) electrons. The van der Waals surface area contributed by atoms with Crippen LogP contribution in [0.25, 0.3) is 0 Å². The van der Waals surface area contributed by atoms with Crippen LogP contribution in [0.4, 0.5) is 0 Å². The zero-order valence-electron chi connectivity index (χ0n) is 16.2. The number of hydrogen-bond donors (Lipinski definition) is 2. The lowest BCUT2D eigenvalue weighted by molar-refractivity contribution is -0.917. The molecule has 2 N–H and O–H groups in total. The van der Waals surface area contributed by atoms with Crippen molar-refractivity contribution >= 4 is 5.91 Å². The number of carbonyl (C=O) groups excluding carboxylic acids is 1. The summed E-state index contributed by atoms with van der Waals surface area (Å²) in [6.07, 6.45) is 2.37. The van der Waals surface area contributed by atoms with Crippen LogP contribution in [-0.4, -0.2) is 24.0 Å². The van der Waals surface area contributed by atoms with E-state index in [0.29, 0.717) is 18.5 Å². The van der Waals surface area contributed by atoms with E-state index >= 15 is 0 Å². The summed E-state index contributed by atoms with van der Waals surface area (Å²) >= 11 is 0. The highest BCUT2D eigenvalue weighted by atomic mass is 16.2. The average molecular weight is 343 g/mol. The Morgan fingerprint density at radius 1 is 1.28 bits per heavy atom. The van der Waals surface area contributed by atoms with Crippen LogP contribution in [0.1, 0.15) is 64.5 Å². The molecule has 0 saturated heterocycles. The molecule has 0 aliphatic heterocycles. The van der Waals surface area contributed by atoms with Crippen molar-refractivity contribution < 1.29 is 9.69 Å². The lowest BCUT2D eigenvalue weighted by Gasteiger charge is -2.28. The van der Waals surface area contributed by atoms with Gasteiger partial charge in [-0.25, -0.2) is 0 Å². The van der Waals surface area contributed by atoms with Crippen molar-refractivity contribution in [2.24, 2.45) is 5.92 Å². The number of nitrogens with zero attached hydrogens (tertiary/aromatic N) is 1. The quantitative estimate of drug-likeness (QED) is 0.762. The molecule has 1 amide bonds. The van der Waals surface area contributed by atoms with Gasteiger partial charge in [0, 0.05) is 18.4 Å². The van der Waals surface area contributed by atoms with Gasteiger partial charge in [0.1, 0.15) is 12.1 Å². The predicted octanol–water partition coefficient (Wildman–Crippen LogP) is 2.41. The van der Waals surface area contributed by atoms with Gasteiger partial charge < -0.3 is 10.2 Å². The molecular weight excluding hydrogens is 310 g/mol. The van der Waals surface area contributed by atoms with Crippen molar-refractivity contribution in [1.82, 2.24) is 5.32 Å². The predicted molar refractivity (Wildman–Crippen MR) is 100 cm³/mol. The summed E-state index contributed by atoms with van der Waals surface area (Å²) in [5, 5.41) is 12.3. The Balaban J connectivity index is 1.99. The average Bonchev–Trinajstić information content (AvgIpc) is 3.39. The molecule has 2 rings (SSSR count). The zero-order valence-corrected chi connectivity index (χ0v) is 16.2. The molecule has 1 aromatic rings. The van der Waals surface area contributed by atoms with E-state index < -0.39 is 5.54 Å². The summed E-state index contributed by atoms with van der Waals surface area (Å²) in [6.45, 7) is 11.4. The molecule has 1 aliphatic rings. The largest absolute Gasteiger partial charge is 0.333 e. The van der Waals surface area contributed by atoms with Crippen molar-refractivity contribution in [3.63, 3.8) is 0 Å². The zero-order chi connectivity index (χ0) is 18.6. The van der Waals surface area contributed by atoms with Crippen molar-refractivity contribution in [1.29, 1.82) is 5.26 Å². The van der Waals surface area contributed by atoms with E-state index in [2.05, 4.69) is 49.5 Å². The normalized spacial score (nSPS) is 17.8. The molecule has 1 fully saturated rings. The Bertz CT molecular complexity index is 626. The number of benzene rings is 1. The fourth-order valence-corrected chi connectivity index (χ4v) is 2.97. The molecule has 0 bridgehead atoms. The Kier molecular flexibility index (Phi) is 6.24. The van der Waals surface area contributed by atoms with Crippen LogP contribution < -0.4 is 10.2 Å². The van der Waals surface area contributed by atoms with E-state index in [1.165, 1.54) is 28.9 Å². The standard InChI is InChI=1S/C21H31N3O/c1-15(2)18-8-6-17(7-9-18)12-24(19-10-11-19)13-20(25)23-21(5,14-22)16(3)4/h6-9,15-16,19H,10-13H2,1-5H3,(H,23,25)/p+1/t21-/m0/s1. The van der Waals surface area contributed by atoms with Crippen molar-refractivity contribution in [2.75, 3.05) is 6.54 Å². The second-order valence-corrected chi connectivity index (χ2v) is 8.20. The van der Waals surface area contributed by atoms with Crippen molar-refractivity contribution in [3.05, 3.63) is 35.4 Å². The van der Waals surface area contributed by atoms with Gasteiger partial charge in [-0.2, -0.15) is 5.26 Å². The monoisotopic (exact) mass is 342 g/mol. The number of amides is 1. The van der Waals surface area contributed by atoms with E-state index in [0.717, 1.165) is 6.54 Å². The summed E-state index contributed by atoms with van der Waals surface area (Å²) in [5.74, 6) is 0.583. The van der Waals surface area contributed by atoms with Gasteiger partial charge in [-0.3, -0.25) is 4.79 Å². The minimum absolute atomic E-state index is 0.0292. The fraction of sp³-hybridized carbons (Fsp3) is 0.619. The van der Waals surface area contributed by atoms with Crippen molar-refractivity contribution in [2.45, 2.75) is 71.5 Å². The van der Waals surface area contributed by atoms with E-state index in [4.69, 9.17) is 0 Å². The maximum absolute atomic E-state index is 12.5. The van der Waals surface area contributed by atoms with Gasteiger partial charge in [-0.15, -0.1) is 0 Å². The van der Waals surface area contributed by atoms with E-state index in [9.17, 15) is 10.1 Å². The van der Waals surface area contributed by atoms with Gasteiger partial charge in [0.2, 0.25) is 0 Å². The fourth-order valence-electron chi connectivity index (χ4n) is 2.97. The molecule has 0 spiro atoms. The molecule has 0 heterocycles. The molecule has 1 saturated carbocycles. The summed E-state index contributed by atoms with van der Waals surface area (Å²) in [5.41, 5.74) is 1.81. The topological polar surface area (TPSA) is 57.3 Å². The third-order valence-corrected chi connectivity index (χ3v) is 5.41. The van der Waals surface area contributed by atoms with Crippen LogP contribution in [0.15, 0.2) is 24.3 Å². The highest BCUT2D eigenvalue weighted by molar-refractivity contribution is 5.78. The minimum Gasteiger partial charge on any atom is -0.333 e. The minimum atomic E-state index is -0.801.